The minimum absolute atomic E-state index is 0.249. The van der Waals surface area contributed by atoms with Crippen LogP contribution in [0.1, 0.15) is 17.8 Å². The highest BCUT2D eigenvalue weighted by Gasteiger charge is 2.10. The number of thiophene rings is 1. The Hall–Kier alpha value is -1.04. The van der Waals surface area contributed by atoms with Crippen molar-refractivity contribution in [3.63, 3.8) is 0 Å². The molecule has 0 saturated carbocycles. The monoisotopic (exact) mass is 355 g/mol. The molecule has 0 fully saturated rings. The van der Waals surface area contributed by atoms with E-state index in [4.69, 9.17) is 9.47 Å². The number of nitrogens with one attached hydrogen (secondary N) is 1. The molecule has 0 spiro atoms. The zero-order chi connectivity index (χ0) is 14.4. The number of ether oxygens (including phenoxy) is 2. The van der Waals surface area contributed by atoms with Gasteiger partial charge in [-0.3, -0.25) is 0 Å². The van der Waals surface area contributed by atoms with Crippen LogP contribution in [0.2, 0.25) is 0 Å². The van der Waals surface area contributed by atoms with Gasteiger partial charge in [0.25, 0.3) is 0 Å². The molecule has 0 aliphatic rings. The molecular formula is C15H18BrNO2S. The van der Waals surface area contributed by atoms with Crippen molar-refractivity contribution in [3.05, 3.63) is 45.1 Å². The van der Waals surface area contributed by atoms with Crippen molar-refractivity contribution in [2.24, 2.45) is 0 Å². The smallest absolute Gasteiger partial charge is 0.121 e. The fourth-order valence-corrected chi connectivity index (χ4v) is 3.57. The van der Waals surface area contributed by atoms with Crippen LogP contribution in [0.5, 0.6) is 5.75 Å². The van der Waals surface area contributed by atoms with Crippen LogP contribution in [0.4, 0.5) is 5.69 Å². The molecule has 1 heterocycles. The van der Waals surface area contributed by atoms with E-state index in [-0.39, 0.29) is 6.04 Å². The molecule has 0 amide bonds. The van der Waals surface area contributed by atoms with Crippen molar-refractivity contribution >= 4 is 33.0 Å². The molecule has 108 valence electrons. The van der Waals surface area contributed by atoms with Crippen molar-refractivity contribution in [2.45, 2.75) is 13.0 Å². The first-order valence-corrected chi connectivity index (χ1v) is 8.09. The summed E-state index contributed by atoms with van der Waals surface area (Å²) in [5.41, 5.74) is 1.05. The van der Waals surface area contributed by atoms with E-state index in [1.165, 1.54) is 4.88 Å². The molecule has 1 aromatic heterocycles. The number of hydrogen-bond acceptors (Lipinski definition) is 4. The number of rotatable bonds is 7. The van der Waals surface area contributed by atoms with Crippen LogP contribution in [0.15, 0.2) is 40.2 Å². The first kappa shape index (κ1) is 15.4. The van der Waals surface area contributed by atoms with Gasteiger partial charge < -0.3 is 14.8 Å². The third-order valence-corrected chi connectivity index (χ3v) is 4.86. The third kappa shape index (κ3) is 4.23. The van der Waals surface area contributed by atoms with Crippen LogP contribution < -0.4 is 10.1 Å². The molecule has 1 unspecified atom stereocenters. The van der Waals surface area contributed by atoms with Gasteiger partial charge in [0.05, 0.1) is 12.6 Å². The average Bonchev–Trinajstić information content (AvgIpc) is 2.86. The maximum atomic E-state index is 5.61. The van der Waals surface area contributed by atoms with Crippen molar-refractivity contribution < 1.29 is 9.47 Å². The highest BCUT2D eigenvalue weighted by molar-refractivity contribution is 9.10. The minimum atomic E-state index is 0.249. The lowest BCUT2D eigenvalue weighted by Crippen LogP contribution is -2.07. The zero-order valence-electron chi connectivity index (χ0n) is 11.6. The number of halogens is 1. The van der Waals surface area contributed by atoms with Gasteiger partial charge in [-0.2, -0.15) is 0 Å². The molecule has 1 atom stereocenters. The zero-order valence-corrected chi connectivity index (χ0v) is 14.0. The molecule has 0 aliphatic carbocycles. The normalized spacial score (nSPS) is 12.2. The molecule has 1 aromatic carbocycles. The Morgan fingerprint density at radius 1 is 1.30 bits per heavy atom. The largest absolute Gasteiger partial charge is 0.491 e. The summed E-state index contributed by atoms with van der Waals surface area (Å²) in [7, 11) is 1.67. The van der Waals surface area contributed by atoms with Gasteiger partial charge in [-0.25, -0.2) is 0 Å². The predicted octanol–water partition coefficient (Wildman–Crippen LogP) is 4.71. The van der Waals surface area contributed by atoms with Crippen LogP contribution in [0, 0.1) is 0 Å². The second kappa shape index (κ2) is 7.67. The van der Waals surface area contributed by atoms with E-state index in [2.05, 4.69) is 39.6 Å². The fourth-order valence-electron chi connectivity index (χ4n) is 1.85. The average molecular weight is 356 g/mol. The topological polar surface area (TPSA) is 30.5 Å². The molecule has 0 radical (unpaired) electrons. The van der Waals surface area contributed by atoms with Gasteiger partial charge >= 0.3 is 0 Å². The van der Waals surface area contributed by atoms with E-state index >= 15 is 0 Å². The van der Waals surface area contributed by atoms with Gasteiger partial charge in [0, 0.05) is 28.2 Å². The molecule has 2 rings (SSSR count). The summed E-state index contributed by atoms with van der Waals surface area (Å²) in [5, 5.41) is 5.57. The van der Waals surface area contributed by atoms with Crippen LogP contribution in [0.3, 0.4) is 0 Å². The Balaban J connectivity index is 1.99. The first-order chi connectivity index (χ1) is 9.70. The standard InChI is InChI=1S/C15H18BrNO2S/c1-11(15-14(16)6-9-20-15)17-12-4-3-5-13(10-12)19-8-7-18-2/h3-6,9-11,17H,7-8H2,1-2H3. The Labute approximate surface area is 132 Å². The Morgan fingerprint density at radius 3 is 2.85 bits per heavy atom. The minimum Gasteiger partial charge on any atom is -0.491 e. The number of methoxy groups -OCH3 is 1. The first-order valence-electron chi connectivity index (χ1n) is 6.42. The fraction of sp³-hybridized carbons (Fsp3) is 0.333. The number of hydrogen-bond donors (Lipinski definition) is 1. The van der Waals surface area contributed by atoms with Crippen LogP contribution in [-0.4, -0.2) is 20.3 Å². The lowest BCUT2D eigenvalue weighted by molar-refractivity contribution is 0.146. The Morgan fingerprint density at radius 2 is 2.15 bits per heavy atom. The van der Waals surface area contributed by atoms with Gasteiger partial charge in [-0.05, 0) is 46.4 Å². The number of benzene rings is 1. The Bertz CT molecular complexity index is 544. The molecule has 2 aromatic rings. The van der Waals surface area contributed by atoms with E-state index in [0.29, 0.717) is 13.2 Å². The van der Waals surface area contributed by atoms with Crippen LogP contribution in [0.25, 0.3) is 0 Å². The van der Waals surface area contributed by atoms with Crippen molar-refractivity contribution in [1.82, 2.24) is 0 Å². The van der Waals surface area contributed by atoms with Gasteiger partial charge in [0.2, 0.25) is 0 Å². The summed E-state index contributed by atoms with van der Waals surface area (Å²) in [5.74, 6) is 0.851. The van der Waals surface area contributed by atoms with Gasteiger partial charge in [0.1, 0.15) is 12.4 Å². The van der Waals surface area contributed by atoms with Crippen molar-refractivity contribution in [1.29, 1.82) is 0 Å². The molecule has 0 saturated heterocycles. The highest BCUT2D eigenvalue weighted by Crippen LogP contribution is 2.31. The van der Waals surface area contributed by atoms with E-state index in [1.807, 2.05) is 24.3 Å². The van der Waals surface area contributed by atoms with E-state index in [0.717, 1.165) is 15.9 Å². The molecule has 20 heavy (non-hydrogen) atoms. The summed E-state index contributed by atoms with van der Waals surface area (Å²) in [6.07, 6.45) is 0. The molecule has 5 heteroatoms. The maximum Gasteiger partial charge on any atom is 0.121 e. The lowest BCUT2D eigenvalue weighted by Gasteiger charge is -2.15. The van der Waals surface area contributed by atoms with E-state index in [1.54, 1.807) is 18.4 Å². The second-order valence-electron chi connectivity index (χ2n) is 4.37. The summed E-state index contributed by atoms with van der Waals surface area (Å²) in [6.45, 7) is 3.30. The Kier molecular flexibility index (Phi) is 5.88. The van der Waals surface area contributed by atoms with Gasteiger partial charge in [0.15, 0.2) is 0 Å². The van der Waals surface area contributed by atoms with E-state index < -0.39 is 0 Å². The van der Waals surface area contributed by atoms with Gasteiger partial charge in [-0.15, -0.1) is 11.3 Å². The van der Waals surface area contributed by atoms with Crippen LogP contribution in [-0.2, 0) is 4.74 Å². The SMILES string of the molecule is COCCOc1cccc(NC(C)c2sccc2Br)c1. The summed E-state index contributed by atoms with van der Waals surface area (Å²) in [4.78, 5) is 1.29. The van der Waals surface area contributed by atoms with Crippen molar-refractivity contribution in [2.75, 3.05) is 25.6 Å². The summed E-state index contributed by atoms with van der Waals surface area (Å²) in [6, 6.07) is 10.3. The molecular weight excluding hydrogens is 338 g/mol. The lowest BCUT2D eigenvalue weighted by atomic mass is 10.2. The summed E-state index contributed by atoms with van der Waals surface area (Å²) >= 11 is 5.31. The number of anilines is 1. The highest BCUT2D eigenvalue weighted by atomic mass is 79.9. The maximum absolute atomic E-state index is 5.61. The molecule has 3 nitrogen and oxygen atoms in total. The third-order valence-electron chi connectivity index (χ3n) is 2.81. The van der Waals surface area contributed by atoms with E-state index in [9.17, 15) is 0 Å². The molecule has 0 aliphatic heterocycles. The van der Waals surface area contributed by atoms with Crippen molar-refractivity contribution in [3.8, 4) is 5.75 Å². The van der Waals surface area contributed by atoms with Crippen LogP contribution >= 0.6 is 27.3 Å². The second-order valence-corrected chi connectivity index (χ2v) is 6.17. The predicted molar refractivity (Wildman–Crippen MR) is 87.9 cm³/mol. The molecule has 0 bridgehead atoms. The molecule has 1 N–H and O–H groups in total. The van der Waals surface area contributed by atoms with Gasteiger partial charge in [-0.1, -0.05) is 6.07 Å². The quantitative estimate of drug-likeness (QED) is 0.729. The summed E-state index contributed by atoms with van der Waals surface area (Å²) < 4.78 is 11.7.